The number of hydrogen-bond donors (Lipinski definition) is 0. The Labute approximate surface area is 248 Å². The highest BCUT2D eigenvalue weighted by Crippen LogP contribution is 2.41. The maximum atomic E-state index is 12.7. The first-order valence-electron chi connectivity index (χ1n) is 13.0. The van der Waals surface area contributed by atoms with E-state index in [0.717, 1.165) is 44.4 Å². The van der Waals surface area contributed by atoms with Crippen LogP contribution in [0.2, 0.25) is 0 Å². The van der Waals surface area contributed by atoms with Gasteiger partial charge in [-0.15, -0.1) is 30.0 Å². The molecule has 6 rings (SSSR count). The number of carbonyl (C=O) groups excluding carboxylic acids is 1. The summed E-state index contributed by atoms with van der Waals surface area (Å²) in [5.74, 6) is 1.64. The summed E-state index contributed by atoms with van der Waals surface area (Å²) < 4.78 is 43.5. The number of imidazole rings is 1. The fraction of sp³-hybridized carbons (Fsp3) is 0.200. The maximum absolute atomic E-state index is 12.7. The van der Waals surface area contributed by atoms with E-state index in [1.807, 2.05) is 47.0 Å². The van der Waals surface area contributed by atoms with E-state index in [-0.39, 0.29) is 17.6 Å². The van der Waals surface area contributed by atoms with E-state index in [1.165, 1.54) is 23.9 Å². The summed E-state index contributed by atoms with van der Waals surface area (Å²) in [6.45, 7) is 4.19. The lowest BCUT2D eigenvalue weighted by Gasteiger charge is -2.21. The number of thioether (sulfide) groups is 2. The summed E-state index contributed by atoms with van der Waals surface area (Å²) in [5, 5.41) is 9.26. The van der Waals surface area contributed by atoms with Crippen LogP contribution in [0.25, 0.3) is 22.6 Å². The predicted molar refractivity (Wildman–Crippen MR) is 161 cm³/mol. The minimum atomic E-state index is -4.73. The van der Waals surface area contributed by atoms with Gasteiger partial charge in [0.25, 0.3) is 0 Å². The fourth-order valence-corrected chi connectivity index (χ4v) is 6.71. The standard InChI is InChI=1S/C30H24F3N5O2S2/c1-18(2)22-5-3-4-6-24(22)38-27(39)16-41-29(38)36-35-14-19-7-12-23-26(13-19)42-17-37-25(15-34-28(23)37)20-8-10-21(11-9-20)40-30(31,32)33/h3-15,18H,16-17H2,1-2H3/b35-14+,36-29-. The van der Waals surface area contributed by atoms with Crippen molar-refractivity contribution < 1.29 is 22.7 Å². The molecule has 1 saturated heterocycles. The highest BCUT2D eigenvalue weighted by atomic mass is 32.2. The van der Waals surface area contributed by atoms with Crippen molar-refractivity contribution in [1.29, 1.82) is 0 Å². The topological polar surface area (TPSA) is 72.1 Å². The summed E-state index contributed by atoms with van der Waals surface area (Å²) in [6, 6.07) is 19.5. The molecular weight excluding hydrogens is 583 g/mol. The van der Waals surface area contributed by atoms with Gasteiger partial charge in [0, 0.05) is 16.0 Å². The molecule has 0 saturated carbocycles. The number of carbonyl (C=O) groups is 1. The fourth-order valence-electron chi connectivity index (χ4n) is 4.83. The zero-order chi connectivity index (χ0) is 29.4. The number of anilines is 1. The Morgan fingerprint density at radius 1 is 1.05 bits per heavy atom. The van der Waals surface area contributed by atoms with Gasteiger partial charge in [-0.2, -0.15) is 5.10 Å². The zero-order valence-corrected chi connectivity index (χ0v) is 24.1. The van der Waals surface area contributed by atoms with Crippen LogP contribution in [0.4, 0.5) is 18.9 Å². The van der Waals surface area contributed by atoms with Crippen LogP contribution >= 0.6 is 23.5 Å². The number of rotatable bonds is 6. The lowest BCUT2D eigenvalue weighted by Crippen LogP contribution is -2.30. The van der Waals surface area contributed by atoms with Crippen molar-refractivity contribution in [2.24, 2.45) is 10.2 Å². The quantitative estimate of drug-likeness (QED) is 0.165. The third-order valence-corrected chi connectivity index (χ3v) is 8.70. The van der Waals surface area contributed by atoms with Crippen molar-refractivity contribution in [3.05, 3.63) is 84.1 Å². The van der Waals surface area contributed by atoms with Gasteiger partial charge in [0.1, 0.15) is 11.6 Å². The molecule has 3 heterocycles. The molecule has 7 nitrogen and oxygen atoms in total. The minimum Gasteiger partial charge on any atom is -0.406 e. The highest BCUT2D eigenvalue weighted by molar-refractivity contribution is 8.15. The van der Waals surface area contributed by atoms with Crippen LogP contribution in [0.5, 0.6) is 5.75 Å². The van der Waals surface area contributed by atoms with Crippen LogP contribution in [0.3, 0.4) is 0 Å². The van der Waals surface area contributed by atoms with Crippen LogP contribution in [-0.2, 0) is 10.7 Å². The number of halogens is 3. The van der Waals surface area contributed by atoms with Gasteiger partial charge in [0.05, 0.1) is 35.4 Å². The molecule has 0 spiro atoms. The predicted octanol–water partition coefficient (Wildman–Crippen LogP) is 7.77. The van der Waals surface area contributed by atoms with Crippen LogP contribution in [0.15, 0.2) is 88.0 Å². The number of alkyl halides is 3. The van der Waals surface area contributed by atoms with Crippen molar-refractivity contribution in [2.45, 2.75) is 36.9 Å². The second-order valence-corrected chi connectivity index (χ2v) is 11.8. The van der Waals surface area contributed by atoms with Gasteiger partial charge in [-0.25, -0.2) is 4.98 Å². The van der Waals surface area contributed by atoms with Crippen molar-refractivity contribution in [3.8, 4) is 28.4 Å². The average molecular weight is 608 g/mol. The zero-order valence-electron chi connectivity index (χ0n) is 22.5. The number of benzene rings is 3. The number of nitrogens with zero attached hydrogens (tertiary/aromatic N) is 5. The summed E-state index contributed by atoms with van der Waals surface area (Å²) >= 11 is 2.99. The third-order valence-electron chi connectivity index (χ3n) is 6.75. The summed E-state index contributed by atoms with van der Waals surface area (Å²) in [5.41, 5.74) is 5.26. The monoisotopic (exact) mass is 607 g/mol. The number of ether oxygens (including phenoxy) is 1. The minimum absolute atomic E-state index is 0.0207. The molecule has 1 amide bonds. The second kappa shape index (κ2) is 11.3. The van der Waals surface area contributed by atoms with E-state index in [0.29, 0.717) is 16.8 Å². The van der Waals surface area contributed by atoms with E-state index >= 15 is 0 Å². The molecule has 214 valence electrons. The summed E-state index contributed by atoms with van der Waals surface area (Å²) in [6.07, 6.45) is -1.34. The molecule has 4 aromatic rings. The molecule has 1 aromatic heterocycles. The van der Waals surface area contributed by atoms with Crippen molar-refractivity contribution in [1.82, 2.24) is 9.55 Å². The van der Waals surface area contributed by atoms with E-state index in [2.05, 4.69) is 33.8 Å². The number of hydrogen-bond acceptors (Lipinski definition) is 7. The van der Waals surface area contributed by atoms with Crippen molar-refractivity contribution in [3.63, 3.8) is 0 Å². The molecule has 0 unspecified atom stereocenters. The lowest BCUT2D eigenvalue weighted by atomic mass is 10.0. The molecule has 0 radical (unpaired) electrons. The second-order valence-electron chi connectivity index (χ2n) is 9.85. The van der Waals surface area contributed by atoms with E-state index in [9.17, 15) is 18.0 Å². The molecule has 1 fully saturated rings. The van der Waals surface area contributed by atoms with E-state index in [1.54, 1.807) is 41.2 Å². The Hall–Kier alpha value is -4.03. The molecule has 3 aromatic carbocycles. The van der Waals surface area contributed by atoms with Crippen LogP contribution < -0.4 is 9.64 Å². The van der Waals surface area contributed by atoms with Crippen LogP contribution in [-0.4, -0.2) is 39.0 Å². The Morgan fingerprint density at radius 2 is 1.83 bits per heavy atom. The lowest BCUT2D eigenvalue weighted by molar-refractivity contribution is -0.274. The normalized spacial score (nSPS) is 16.0. The Balaban J connectivity index is 1.21. The third kappa shape index (κ3) is 5.68. The van der Waals surface area contributed by atoms with Gasteiger partial charge in [0.2, 0.25) is 5.91 Å². The molecule has 0 atom stereocenters. The number of amides is 1. The smallest absolute Gasteiger partial charge is 0.406 e. The van der Waals surface area contributed by atoms with Crippen molar-refractivity contribution in [2.75, 3.05) is 10.7 Å². The first-order valence-corrected chi connectivity index (χ1v) is 15.0. The number of para-hydroxylation sites is 1. The molecule has 12 heteroatoms. The van der Waals surface area contributed by atoms with Gasteiger partial charge in [-0.05, 0) is 59.5 Å². The van der Waals surface area contributed by atoms with Crippen molar-refractivity contribution >= 4 is 46.5 Å². The maximum Gasteiger partial charge on any atom is 0.573 e. The molecule has 2 aliphatic rings. The molecule has 0 N–H and O–H groups in total. The van der Waals surface area contributed by atoms with Crippen LogP contribution in [0, 0.1) is 0 Å². The van der Waals surface area contributed by atoms with Gasteiger partial charge < -0.3 is 9.30 Å². The summed E-state index contributed by atoms with van der Waals surface area (Å²) in [7, 11) is 0. The first kappa shape index (κ1) is 28.1. The van der Waals surface area contributed by atoms with Gasteiger partial charge in [-0.1, -0.05) is 49.9 Å². The Bertz CT molecular complexity index is 1710. The SMILES string of the molecule is CC(C)c1ccccc1N1C(=O)CS/C1=N\N=C\c1ccc2c(c1)SCn1c(-c3ccc(OC(F)(F)F)cc3)cnc1-2. The Morgan fingerprint density at radius 3 is 2.60 bits per heavy atom. The van der Waals surface area contributed by atoms with Gasteiger partial charge >= 0.3 is 6.36 Å². The number of aromatic nitrogens is 2. The largest absolute Gasteiger partial charge is 0.573 e. The Kier molecular flexibility index (Phi) is 7.58. The van der Waals surface area contributed by atoms with E-state index in [4.69, 9.17) is 0 Å². The van der Waals surface area contributed by atoms with E-state index < -0.39 is 6.36 Å². The van der Waals surface area contributed by atoms with Gasteiger partial charge in [0.15, 0.2) is 5.17 Å². The number of amidine groups is 1. The molecule has 0 aliphatic carbocycles. The van der Waals surface area contributed by atoms with Gasteiger partial charge in [-0.3, -0.25) is 9.69 Å². The average Bonchev–Trinajstić information content (AvgIpc) is 3.56. The molecule has 0 bridgehead atoms. The molecular formula is C30H24F3N5O2S2. The molecule has 42 heavy (non-hydrogen) atoms. The highest BCUT2D eigenvalue weighted by Gasteiger charge is 2.32. The van der Waals surface area contributed by atoms with Crippen LogP contribution in [0.1, 0.15) is 30.9 Å². The molecule has 2 aliphatic heterocycles. The number of fused-ring (bicyclic) bond motifs is 3. The first-order chi connectivity index (χ1) is 20.2. The summed E-state index contributed by atoms with van der Waals surface area (Å²) in [4.78, 5) is 20.0.